The van der Waals surface area contributed by atoms with E-state index < -0.39 is 0 Å². The van der Waals surface area contributed by atoms with E-state index in [1.54, 1.807) is 0 Å². The molecule has 0 unspecified atom stereocenters. The Bertz CT molecular complexity index is 673. The fourth-order valence-corrected chi connectivity index (χ4v) is 2.15. The number of anilines is 1. The van der Waals surface area contributed by atoms with Gasteiger partial charge in [-0.2, -0.15) is 0 Å². The van der Waals surface area contributed by atoms with Crippen LogP contribution < -0.4 is 5.32 Å². The molecule has 96 valence electrons. The molecule has 0 aliphatic carbocycles. The van der Waals surface area contributed by atoms with Crippen LogP contribution in [0.1, 0.15) is 5.69 Å². The second-order valence-electron chi connectivity index (χ2n) is 4.48. The molecular weight excluding hydrogens is 236 g/mol. The first-order valence-electron chi connectivity index (χ1n) is 6.40. The Balaban J connectivity index is 1.70. The molecule has 3 aromatic rings. The van der Waals surface area contributed by atoms with E-state index in [2.05, 4.69) is 25.9 Å². The van der Waals surface area contributed by atoms with E-state index in [-0.39, 0.29) is 0 Å². The first-order chi connectivity index (χ1) is 9.34. The van der Waals surface area contributed by atoms with Crippen molar-refractivity contribution in [1.29, 1.82) is 0 Å². The number of hydrogen-bond acceptors (Lipinski definition) is 3. The summed E-state index contributed by atoms with van der Waals surface area (Å²) in [4.78, 5) is 8.88. The highest BCUT2D eigenvalue weighted by Gasteiger charge is 2.05. The van der Waals surface area contributed by atoms with Crippen LogP contribution in [0.15, 0.2) is 48.7 Å². The zero-order valence-electron chi connectivity index (χ0n) is 10.9. The van der Waals surface area contributed by atoms with Crippen LogP contribution >= 0.6 is 0 Å². The van der Waals surface area contributed by atoms with Crippen molar-refractivity contribution in [2.75, 3.05) is 11.9 Å². The van der Waals surface area contributed by atoms with Crippen LogP contribution in [0.4, 0.5) is 5.95 Å². The monoisotopic (exact) mass is 252 g/mol. The number of aryl methyl sites for hydroxylation is 1. The lowest BCUT2D eigenvalue weighted by Gasteiger charge is -2.05. The van der Waals surface area contributed by atoms with E-state index in [9.17, 15) is 0 Å². The SMILES string of the molecule is Cn1c(NCCc2ccccn2)nc2ccccc21. The summed E-state index contributed by atoms with van der Waals surface area (Å²) >= 11 is 0. The summed E-state index contributed by atoms with van der Waals surface area (Å²) in [6.07, 6.45) is 2.72. The molecule has 2 heterocycles. The zero-order chi connectivity index (χ0) is 13.1. The minimum atomic E-state index is 0.828. The first kappa shape index (κ1) is 11.7. The fraction of sp³-hybridized carbons (Fsp3) is 0.200. The third kappa shape index (κ3) is 2.42. The molecule has 0 amide bonds. The highest BCUT2D eigenvalue weighted by Crippen LogP contribution is 2.17. The van der Waals surface area contributed by atoms with E-state index >= 15 is 0 Å². The van der Waals surface area contributed by atoms with Crippen molar-refractivity contribution in [3.8, 4) is 0 Å². The highest BCUT2D eigenvalue weighted by molar-refractivity contribution is 5.78. The van der Waals surface area contributed by atoms with Crippen LogP contribution in [-0.4, -0.2) is 21.1 Å². The van der Waals surface area contributed by atoms with Crippen LogP contribution in [0.2, 0.25) is 0 Å². The van der Waals surface area contributed by atoms with Crippen LogP contribution in [0.3, 0.4) is 0 Å². The molecule has 0 spiro atoms. The molecule has 4 nitrogen and oxygen atoms in total. The molecule has 0 saturated carbocycles. The Labute approximate surface area is 112 Å². The van der Waals surface area contributed by atoms with Gasteiger partial charge >= 0.3 is 0 Å². The third-order valence-electron chi connectivity index (χ3n) is 3.18. The topological polar surface area (TPSA) is 42.7 Å². The minimum Gasteiger partial charge on any atom is -0.355 e. The second-order valence-corrected chi connectivity index (χ2v) is 4.48. The Morgan fingerprint density at radius 2 is 1.95 bits per heavy atom. The van der Waals surface area contributed by atoms with Gasteiger partial charge in [-0.3, -0.25) is 4.98 Å². The molecule has 0 bridgehead atoms. The number of pyridine rings is 1. The van der Waals surface area contributed by atoms with Gasteiger partial charge < -0.3 is 9.88 Å². The van der Waals surface area contributed by atoms with Crippen molar-refractivity contribution in [2.24, 2.45) is 7.05 Å². The maximum absolute atomic E-state index is 4.57. The third-order valence-corrected chi connectivity index (χ3v) is 3.18. The molecule has 1 aromatic carbocycles. The number of fused-ring (bicyclic) bond motifs is 1. The average Bonchev–Trinajstić information content (AvgIpc) is 2.78. The molecule has 0 atom stereocenters. The number of nitrogens with zero attached hydrogens (tertiary/aromatic N) is 3. The normalized spacial score (nSPS) is 10.8. The summed E-state index contributed by atoms with van der Waals surface area (Å²) in [6, 6.07) is 14.1. The maximum atomic E-state index is 4.57. The quantitative estimate of drug-likeness (QED) is 0.776. The lowest BCUT2D eigenvalue weighted by atomic mass is 10.3. The number of nitrogens with one attached hydrogen (secondary N) is 1. The molecule has 2 aromatic heterocycles. The van der Waals surface area contributed by atoms with Gasteiger partial charge in [-0.05, 0) is 24.3 Å². The minimum absolute atomic E-state index is 0.828. The number of benzene rings is 1. The summed E-state index contributed by atoms with van der Waals surface area (Å²) < 4.78 is 2.08. The van der Waals surface area contributed by atoms with Crippen molar-refractivity contribution >= 4 is 17.0 Å². The van der Waals surface area contributed by atoms with E-state index in [4.69, 9.17) is 0 Å². The molecule has 0 aliphatic heterocycles. The van der Waals surface area contributed by atoms with Crippen molar-refractivity contribution in [2.45, 2.75) is 6.42 Å². The zero-order valence-corrected chi connectivity index (χ0v) is 10.9. The molecular formula is C15H16N4. The van der Waals surface area contributed by atoms with Gasteiger partial charge in [0.25, 0.3) is 0 Å². The smallest absolute Gasteiger partial charge is 0.203 e. The van der Waals surface area contributed by atoms with Gasteiger partial charge in [0.2, 0.25) is 5.95 Å². The van der Waals surface area contributed by atoms with Crippen molar-refractivity contribution in [3.05, 3.63) is 54.4 Å². The predicted octanol–water partition coefficient (Wildman–Crippen LogP) is 2.62. The fourth-order valence-electron chi connectivity index (χ4n) is 2.15. The molecule has 0 saturated heterocycles. The highest BCUT2D eigenvalue weighted by atomic mass is 15.2. The molecule has 0 radical (unpaired) electrons. The standard InChI is InChI=1S/C15H16N4/c1-19-14-8-3-2-7-13(14)18-15(19)17-11-9-12-6-4-5-10-16-12/h2-8,10H,9,11H2,1H3,(H,17,18). The predicted molar refractivity (Wildman–Crippen MR) is 77.1 cm³/mol. The Morgan fingerprint density at radius 3 is 2.74 bits per heavy atom. The van der Waals surface area contributed by atoms with Gasteiger partial charge in [-0.15, -0.1) is 0 Å². The van der Waals surface area contributed by atoms with E-state index in [0.717, 1.165) is 35.6 Å². The number of rotatable bonds is 4. The first-order valence-corrected chi connectivity index (χ1v) is 6.40. The van der Waals surface area contributed by atoms with Gasteiger partial charge in [-0.1, -0.05) is 18.2 Å². The maximum Gasteiger partial charge on any atom is 0.203 e. The molecule has 3 rings (SSSR count). The van der Waals surface area contributed by atoms with Gasteiger partial charge in [0, 0.05) is 31.9 Å². The van der Waals surface area contributed by atoms with Crippen LogP contribution in [0.5, 0.6) is 0 Å². The lowest BCUT2D eigenvalue weighted by molar-refractivity contribution is 0.897. The summed E-state index contributed by atoms with van der Waals surface area (Å²) in [5.74, 6) is 0.900. The number of aromatic nitrogens is 3. The Kier molecular flexibility index (Phi) is 3.14. The van der Waals surface area contributed by atoms with Gasteiger partial charge in [0.1, 0.15) is 0 Å². The lowest BCUT2D eigenvalue weighted by Crippen LogP contribution is -2.09. The van der Waals surface area contributed by atoms with E-state index in [1.165, 1.54) is 0 Å². The number of imidazole rings is 1. The summed E-state index contributed by atoms with van der Waals surface area (Å²) in [5, 5.41) is 3.36. The van der Waals surface area contributed by atoms with Crippen LogP contribution in [-0.2, 0) is 13.5 Å². The molecule has 1 N–H and O–H groups in total. The van der Waals surface area contributed by atoms with Crippen molar-refractivity contribution in [1.82, 2.24) is 14.5 Å². The second kappa shape index (κ2) is 5.10. The summed E-state index contributed by atoms with van der Waals surface area (Å²) in [7, 11) is 2.03. The van der Waals surface area contributed by atoms with Gasteiger partial charge in [0.05, 0.1) is 11.0 Å². The number of para-hydroxylation sites is 2. The Hall–Kier alpha value is -2.36. The van der Waals surface area contributed by atoms with Crippen LogP contribution in [0.25, 0.3) is 11.0 Å². The molecule has 19 heavy (non-hydrogen) atoms. The number of hydrogen-bond donors (Lipinski definition) is 1. The van der Waals surface area contributed by atoms with Gasteiger partial charge in [-0.25, -0.2) is 4.98 Å². The summed E-state index contributed by atoms with van der Waals surface area (Å²) in [5.41, 5.74) is 3.25. The molecule has 0 fully saturated rings. The van der Waals surface area contributed by atoms with Crippen molar-refractivity contribution < 1.29 is 0 Å². The Morgan fingerprint density at radius 1 is 1.11 bits per heavy atom. The molecule has 4 heteroatoms. The van der Waals surface area contributed by atoms with Crippen molar-refractivity contribution in [3.63, 3.8) is 0 Å². The molecule has 0 aliphatic rings. The van der Waals surface area contributed by atoms with E-state index in [1.807, 2.05) is 49.6 Å². The van der Waals surface area contributed by atoms with Gasteiger partial charge in [0.15, 0.2) is 0 Å². The van der Waals surface area contributed by atoms with Crippen LogP contribution in [0, 0.1) is 0 Å². The summed E-state index contributed by atoms with van der Waals surface area (Å²) in [6.45, 7) is 0.828. The van der Waals surface area contributed by atoms with E-state index in [0.29, 0.717) is 0 Å². The largest absolute Gasteiger partial charge is 0.355 e. The average molecular weight is 252 g/mol.